The van der Waals surface area contributed by atoms with E-state index in [0.717, 1.165) is 29.8 Å². The first-order valence-electron chi connectivity index (χ1n) is 6.36. The summed E-state index contributed by atoms with van der Waals surface area (Å²) in [7, 11) is 2.17. The number of likely N-dealkylation sites (N-methyl/N-ethyl adjacent to an activating group) is 1. The molecule has 0 saturated carbocycles. The first-order valence-corrected chi connectivity index (χ1v) is 8.03. The quantitative estimate of drug-likeness (QED) is 0.912. The predicted octanol–water partition coefficient (Wildman–Crippen LogP) is 3.15. The lowest BCUT2D eigenvalue weighted by molar-refractivity contribution is 0.202. The van der Waals surface area contributed by atoms with Gasteiger partial charge >= 0.3 is 0 Å². The Labute approximate surface area is 125 Å². The van der Waals surface area contributed by atoms with Crippen molar-refractivity contribution in [3.8, 4) is 11.3 Å². The van der Waals surface area contributed by atoms with Gasteiger partial charge in [0.1, 0.15) is 5.01 Å². The highest BCUT2D eigenvalue weighted by Crippen LogP contribution is 2.29. The Bertz CT molecular complexity index is 552. The summed E-state index contributed by atoms with van der Waals surface area (Å²) in [6.45, 7) is 3.14. The van der Waals surface area contributed by atoms with Crippen molar-refractivity contribution in [3.63, 3.8) is 0 Å². The molecule has 3 nitrogen and oxygen atoms in total. The Balaban J connectivity index is 1.84. The second-order valence-corrected chi connectivity index (χ2v) is 6.58. The summed E-state index contributed by atoms with van der Waals surface area (Å²) in [4.78, 5) is 7.18. The fourth-order valence-electron chi connectivity index (χ4n) is 2.28. The third kappa shape index (κ3) is 2.89. The standard InChI is InChI=1S/C14H16BrN3S/c1-18-7-6-16-8-13(18)14-17-12(9-19-14)10-2-4-11(15)5-3-10/h2-5,9,13,16H,6-8H2,1H3. The Morgan fingerprint density at radius 2 is 2.16 bits per heavy atom. The summed E-state index contributed by atoms with van der Waals surface area (Å²) < 4.78 is 1.10. The van der Waals surface area contributed by atoms with Gasteiger partial charge < -0.3 is 5.32 Å². The van der Waals surface area contributed by atoms with Crippen LogP contribution in [0.15, 0.2) is 34.1 Å². The Kier molecular flexibility index (Phi) is 3.98. The Morgan fingerprint density at radius 3 is 2.89 bits per heavy atom. The van der Waals surface area contributed by atoms with Crippen molar-refractivity contribution in [2.45, 2.75) is 6.04 Å². The van der Waals surface area contributed by atoms with Gasteiger partial charge in [0.15, 0.2) is 0 Å². The molecule has 0 bridgehead atoms. The number of rotatable bonds is 2. The Hall–Kier alpha value is -0.750. The summed E-state index contributed by atoms with van der Waals surface area (Å²) in [5.41, 5.74) is 2.25. The van der Waals surface area contributed by atoms with Crippen LogP contribution in [0.3, 0.4) is 0 Å². The number of piperazine rings is 1. The molecule has 0 spiro atoms. The SMILES string of the molecule is CN1CCNCC1c1nc(-c2ccc(Br)cc2)cs1. The van der Waals surface area contributed by atoms with Crippen LogP contribution in [-0.4, -0.2) is 36.6 Å². The summed E-state index contributed by atoms with van der Waals surface area (Å²) in [5, 5.41) is 6.79. The molecule has 1 aromatic heterocycles. The van der Waals surface area contributed by atoms with E-state index < -0.39 is 0 Å². The van der Waals surface area contributed by atoms with Gasteiger partial charge in [-0.2, -0.15) is 0 Å². The maximum Gasteiger partial charge on any atom is 0.112 e. The van der Waals surface area contributed by atoms with Gasteiger partial charge in [0, 0.05) is 35.1 Å². The van der Waals surface area contributed by atoms with Crippen molar-refractivity contribution < 1.29 is 0 Å². The van der Waals surface area contributed by atoms with Crippen LogP contribution < -0.4 is 5.32 Å². The van der Waals surface area contributed by atoms with E-state index in [1.54, 1.807) is 11.3 Å². The van der Waals surface area contributed by atoms with Gasteiger partial charge in [-0.3, -0.25) is 4.90 Å². The van der Waals surface area contributed by atoms with E-state index in [2.05, 4.69) is 62.8 Å². The molecular weight excluding hydrogens is 322 g/mol. The van der Waals surface area contributed by atoms with E-state index in [1.165, 1.54) is 10.6 Å². The molecule has 1 aliphatic heterocycles. The highest BCUT2D eigenvalue weighted by atomic mass is 79.9. The van der Waals surface area contributed by atoms with Crippen molar-refractivity contribution in [1.29, 1.82) is 0 Å². The molecular formula is C14H16BrN3S. The third-order valence-electron chi connectivity index (χ3n) is 3.46. The minimum Gasteiger partial charge on any atom is -0.313 e. The van der Waals surface area contributed by atoms with Crippen LogP contribution in [0, 0.1) is 0 Å². The molecule has 0 amide bonds. The van der Waals surface area contributed by atoms with Crippen molar-refractivity contribution in [3.05, 3.63) is 39.1 Å². The van der Waals surface area contributed by atoms with E-state index in [1.807, 2.05) is 0 Å². The molecule has 3 rings (SSSR count). The largest absolute Gasteiger partial charge is 0.313 e. The molecule has 5 heteroatoms. The zero-order valence-electron chi connectivity index (χ0n) is 10.8. The second-order valence-electron chi connectivity index (χ2n) is 4.78. The lowest BCUT2D eigenvalue weighted by Crippen LogP contribution is -2.43. The maximum absolute atomic E-state index is 4.81. The van der Waals surface area contributed by atoms with Gasteiger partial charge in [0.2, 0.25) is 0 Å². The fraction of sp³-hybridized carbons (Fsp3) is 0.357. The molecule has 2 heterocycles. The Morgan fingerprint density at radius 1 is 1.37 bits per heavy atom. The highest BCUT2D eigenvalue weighted by Gasteiger charge is 2.23. The van der Waals surface area contributed by atoms with Crippen LogP contribution in [0.2, 0.25) is 0 Å². The minimum atomic E-state index is 0.406. The van der Waals surface area contributed by atoms with E-state index in [9.17, 15) is 0 Å². The van der Waals surface area contributed by atoms with Crippen LogP contribution in [0.1, 0.15) is 11.0 Å². The fourth-order valence-corrected chi connectivity index (χ4v) is 3.53. The predicted molar refractivity (Wildman–Crippen MR) is 83.5 cm³/mol. The smallest absolute Gasteiger partial charge is 0.112 e. The lowest BCUT2D eigenvalue weighted by atomic mass is 10.2. The summed E-state index contributed by atoms with van der Waals surface area (Å²) in [5.74, 6) is 0. The normalized spacial score (nSPS) is 20.6. The first-order chi connectivity index (χ1) is 9.24. The summed E-state index contributed by atoms with van der Waals surface area (Å²) >= 11 is 5.22. The number of benzene rings is 1. The monoisotopic (exact) mass is 337 g/mol. The molecule has 1 fully saturated rings. The molecule has 19 heavy (non-hydrogen) atoms. The minimum absolute atomic E-state index is 0.406. The summed E-state index contributed by atoms with van der Waals surface area (Å²) in [6, 6.07) is 8.73. The molecule has 1 saturated heterocycles. The number of aromatic nitrogens is 1. The third-order valence-corrected chi connectivity index (χ3v) is 4.93. The molecule has 0 radical (unpaired) electrons. The van der Waals surface area contributed by atoms with Gasteiger partial charge in [0.05, 0.1) is 11.7 Å². The molecule has 1 aromatic carbocycles. The van der Waals surface area contributed by atoms with Gasteiger partial charge in [-0.1, -0.05) is 28.1 Å². The van der Waals surface area contributed by atoms with Crippen LogP contribution in [0.4, 0.5) is 0 Å². The first kappa shape index (κ1) is 13.2. The number of nitrogens with one attached hydrogen (secondary N) is 1. The van der Waals surface area contributed by atoms with Crippen molar-refractivity contribution in [2.75, 3.05) is 26.7 Å². The lowest BCUT2D eigenvalue weighted by Gasteiger charge is -2.31. The van der Waals surface area contributed by atoms with Gasteiger partial charge in [-0.15, -0.1) is 11.3 Å². The topological polar surface area (TPSA) is 28.2 Å². The van der Waals surface area contributed by atoms with E-state index in [0.29, 0.717) is 6.04 Å². The van der Waals surface area contributed by atoms with Crippen LogP contribution >= 0.6 is 27.3 Å². The molecule has 1 atom stereocenters. The van der Waals surface area contributed by atoms with Crippen molar-refractivity contribution >= 4 is 27.3 Å². The zero-order chi connectivity index (χ0) is 13.2. The average molecular weight is 338 g/mol. The molecule has 1 unspecified atom stereocenters. The maximum atomic E-state index is 4.81. The number of thiazole rings is 1. The molecule has 0 aliphatic carbocycles. The number of hydrogen-bond acceptors (Lipinski definition) is 4. The van der Waals surface area contributed by atoms with Gasteiger partial charge in [0.25, 0.3) is 0 Å². The van der Waals surface area contributed by atoms with Crippen LogP contribution in [0.5, 0.6) is 0 Å². The second kappa shape index (κ2) is 5.71. The van der Waals surface area contributed by atoms with Crippen LogP contribution in [0.25, 0.3) is 11.3 Å². The number of nitrogens with zero attached hydrogens (tertiary/aromatic N) is 2. The molecule has 1 aliphatic rings. The molecule has 1 N–H and O–H groups in total. The summed E-state index contributed by atoms with van der Waals surface area (Å²) in [6.07, 6.45) is 0. The van der Waals surface area contributed by atoms with E-state index in [4.69, 9.17) is 4.98 Å². The van der Waals surface area contributed by atoms with Crippen molar-refractivity contribution in [2.24, 2.45) is 0 Å². The molecule has 2 aromatic rings. The van der Waals surface area contributed by atoms with E-state index >= 15 is 0 Å². The van der Waals surface area contributed by atoms with E-state index in [-0.39, 0.29) is 0 Å². The zero-order valence-corrected chi connectivity index (χ0v) is 13.2. The van der Waals surface area contributed by atoms with Crippen molar-refractivity contribution in [1.82, 2.24) is 15.2 Å². The molecule has 100 valence electrons. The van der Waals surface area contributed by atoms with Crippen LogP contribution in [-0.2, 0) is 0 Å². The van der Waals surface area contributed by atoms with Gasteiger partial charge in [-0.25, -0.2) is 4.98 Å². The average Bonchev–Trinajstić information content (AvgIpc) is 2.89. The number of halogens is 1. The highest BCUT2D eigenvalue weighted by molar-refractivity contribution is 9.10. The number of hydrogen-bond donors (Lipinski definition) is 1. The van der Waals surface area contributed by atoms with Gasteiger partial charge in [-0.05, 0) is 19.2 Å².